The second-order valence-corrected chi connectivity index (χ2v) is 10.9. The van der Waals surface area contributed by atoms with Gasteiger partial charge in [-0.15, -0.1) is 0 Å². The second kappa shape index (κ2) is 10.1. The van der Waals surface area contributed by atoms with Gasteiger partial charge in [-0.05, 0) is 56.7 Å². The first-order valence-electron chi connectivity index (χ1n) is 9.66. The summed E-state index contributed by atoms with van der Waals surface area (Å²) in [5, 5.41) is 2.32. The van der Waals surface area contributed by atoms with Crippen LogP contribution >= 0.6 is 0 Å². The third-order valence-corrected chi connectivity index (χ3v) is 7.30. The number of nitrogens with zero attached hydrogens (tertiary/aromatic N) is 2. The summed E-state index contributed by atoms with van der Waals surface area (Å²) in [5.74, 6) is -0.481. The summed E-state index contributed by atoms with van der Waals surface area (Å²) < 4.78 is 52.5. The molecule has 2 aromatic rings. The normalized spacial score (nSPS) is 11.7. The molecule has 0 saturated heterocycles. The minimum Gasteiger partial charge on any atom is -0.448 e. The average molecular weight is 470 g/mol. The van der Waals surface area contributed by atoms with Gasteiger partial charge < -0.3 is 9.64 Å². The van der Waals surface area contributed by atoms with Crippen molar-refractivity contribution in [2.75, 3.05) is 41.9 Å². The molecule has 0 unspecified atom stereocenters. The number of hydrogen-bond donors (Lipinski definition) is 1. The Morgan fingerprint density at radius 3 is 2.29 bits per heavy atom. The Labute approximate surface area is 183 Å². The Morgan fingerprint density at radius 1 is 1.10 bits per heavy atom. The standard InChI is InChI=1S/C20H27N3O6S2/c1-5-23(6-2)16-7-9-18(15(3)13-16)22-20(24)29-11-12-31(27,28)19-10-8-17(14-21-19)30(4,25)26/h7-10,13-14H,5-6,11-12H2,1-4H3,(H,22,24). The van der Waals surface area contributed by atoms with E-state index in [1.807, 2.05) is 19.1 Å². The fourth-order valence-corrected chi connectivity index (χ4v) is 4.40. The van der Waals surface area contributed by atoms with E-state index in [0.29, 0.717) is 5.69 Å². The molecule has 1 aromatic heterocycles. The number of amides is 1. The molecule has 0 radical (unpaired) electrons. The fraction of sp³-hybridized carbons (Fsp3) is 0.400. The summed E-state index contributed by atoms with van der Waals surface area (Å²) in [6.45, 7) is 7.34. The lowest BCUT2D eigenvalue weighted by Gasteiger charge is -2.22. The first kappa shape index (κ1) is 24.6. The van der Waals surface area contributed by atoms with Crippen molar-refractivity contribution in [2.24, 2.45) is 0 Å². The molecule has 31 heavy (non-hydrogen) atoms. The van der Waals surface area contributed by atoms with E-state index in [2.05, 4.69) is 29.0 Å². The monoisotopic (exact) mass is 469 g/mol. The van der Waals surface area contributed by atoms with E-state index in [1.165, 1.54) is 6.07 Å². The summed E-state index contributed by atoms with van der Waals surface area (Å²) in [7, 11) is -7.31. The van der Waals surface area contributed by atoms with E-state index < -0.39 is 31.5 Å². The van der Waals surface area contributed by atoms with Gasteiger partial charge in [0.2, 0.25) is 0 Å². The maximum absolute atomic E-state index is 12.3. The van der Waals surface area contributed by atoms with Crippen LogP contribution in [0.1, 0.15) is 19.4 Å². The number of aryl methyl sites for hydroxylation is 1. The van der Waals surface area contributed by atoms with Crippen LogP contribution in [0, 0.1) is 6.92 Å². The van der Waals surface area contributed by atoms with E-state index in [4.69, 9.17) is 4.74 Å². The van der Waals surface area contributed by atoms with Gasteiger partial charge in [0.15, 0.2) is 24.7 Å². The smallest absolute Gasteiger partial charge is 0.411 e. The molecule has 170 valence electrons. The maximum atomic E-state index is 12.3. The number of nitrogens with one attached hydrogen (secondary N) is 1. The first-order chi connectivity index (χ1) is 14.5. The van der Waals surface area contributed by atoms with Gasteiger partial charge in [0.1, 0.15) is 6.61 Å². The largest absolute Gasteiger partial charge is 0.448 e. The van der Waals surface area contributed by atoms with Crippen molar-refractivity contribution in [2.45, 2.75) is 30.7 Å². The van der Waals surface area contributed by atoms with Crippen molar-refractivity contribution in [3.63, 3.8) is 0 Å². The highest BCUT2D eigenvalue weighted by atomic mass is 32.2. The molecule has 0 atom stereocenters. The number of ether oxygens (including phenoxy) is 1. The van der Waals surface area contributed by atoms with Gasteiger partial charge in [0.05, 0.1) is 10.6 Å². The summed E-state index contributed by atoms with van der Waals surface area (Å²) in [5.41, 5.74) is 2.47. The van der Waals surface area contributed by atoms with Crippen LogP contribution in [0.15, 0.2) is 46.5 Å². The van der Waals surface area contributed by atoms with Crippen LogP contribution in [0.4, 0.5) is 16.2 Å². The van der Waals surface area contributed by atoms with Gasteiger partial charge in [-0.3, -0.25) is 5.32 Å². The third kappa shape index (κ3) is 6.66. The van der Waals surface area contributed by atoms with E-state index in [1.54, 1.807) is 6.07 Å². The highest BCUT2D eigenvalue weighted by Gasteiger charge is 2.19. The van der Waals surface area contributed by atoms with Crippen molar-refractivity contribution >= 4 is 37.1 Å². The zero-order chi connectivity index (χ0) is 23.2. The Morgan fingerprint density at radius 2 is 1.77 bits per heavy atom. The molecule has 0 aliphatic rings. The number of anilines is 2. The Balaban J connectivity index is 1.94. The highest BCUT2D eigenvalue weighted by Crippen LogP contribution is 2.23. The molecule has 9 nitrogen and oxygen atoms in total. The lowest BCUT2D eigenvalue weighted by atomic mass is 10.1. The Hall–Kier alpha value is -2.66. The van der Waals surface area contributed by atoms with Gasteiger partial charge >= 0.3 is 6.09 Å². The van der Waals surface area contributed by atoms with Gasteiger partial charge in [-0.1, -0.05) is 0 Å². The molecule has 1 aromatic carbocycles. The molecule has 1 heterocycles. The molecule has 1 N–H and O–H groups in total. The van der Waals surface area contributed by atoms with Crippen LogP contribution in [0.5, 0.6) is 0 Å². The van der Waals surface area contributed by atoms with Crippen LogP contribution in [0.25, 0.3) is 0 Å². The van der Waals surface area contributed by atoms with Crippen LogP contribution in [0.2, 0.25) is 0 Å². The minimum absolute atomic E-state index is 0.0792. The van der Waals surface area contributed by atoms with Crippen molar-refractivity contribution < 1.29 is 26.4 Å². The van der Waals surface area contributed by atoms with Crippen LogP contribution < -0.4 is 10.2 Å². The van der Waals surface area contributed by atoms with Gasteiger partial charge in [-0.25, -0.2) is 26.6 Å². The molecule has 1 amide bonds. The minimum atomic E-state index is -3.84. The molecular formula is C20H27N3O6S2. The van der Waals surface area contributed by atoms with Gasteiger partial charge in [-0.2, -0.15) is 0 Å². The van der Waals surface area contributed by atoms with Crippen LogP contribution in [-0.2, 0) is 24.4 Å². The van der Waals surface area contributed by atoms with E-state index >= 15 is 0 Å². The van der Waals surface area contributed by atoms with Crippen LogP contribution in [-0.4, -0.2) is 59.6 Å². The zero-order valence-corrected chi connectivity index (χ0v) is 19.6. The van der Waals surface area contributed by atoms with E-state index in [-0.39, 0.29) is 16.5 Å². The molecule has 2 rings (SSSR count). The predicted molar refractivity (Wildman–Crippen MR) is 119 cm³/mol. The molecule has 0 aliphatic heterocycles. The lowest BCUT2D eigenvalue weighted by molar-refractivity contribution is 0.168. The number of sulfone groups is 2. The van der Waals surface area contributed by atoms with Crippen LogP contribution in [0.3, 0.4) is 0 Å². The number of hydrogen-bond acceptors (Lipinski definition) is 8. The number of rotatable bonds is 9. The quantitative estimate of drug-likeness (QED) is 0.595. The second-order valence-electron chi connectivity index (χ2n) is 6.86. The zero-order valence-electron chi connectivity index (χ0n) is 18.0. The molecule has 0 aliphatic carbocycles. The molecule has 0 spiro atoms. The topological polar surface area (TPSA) is 123 Å². The van der Waals surface area contributed by atoms with Crippen molar-refractivity contribution in [3.05, 3.63) is 42.1 Å². The van der Waals surface area contributed by atoms with Crippen molar-refractivity contribution in [3.8, 4) is 0 Å². The fourth-order valence-electron chi connectivity index (χ4n) is 2.84. The number of benzene rings is 1. The number of aromatic nitrogens is 1. The Bertz CT molecular complexity index is 1130. The maximum Gasteiger partial charge on any atom is 0.411 e. The molecule has 0 fully saturated rings. The molecular weight excluding hydrogens is 442 g/mol. The number of carbonyl (C=O) groups excluding carboxylic acids is 1. The molecule has 11 heteroatoms. The molecule has 0 bridgehead atoms. The van der Waals surface area contributed by atoms with E-state index in [0.717, 1.165) is 42.9 Å². The predicted octanol–water partition coefficient (Wildman–Crippen LogP) is 2.66. The van der Waals surface area contributed by atoms with Crippen molar-refractivity contribution in [1.29, 1.82) is 0 Å². The summed E-state index contributed by atoms with van der Waals surface area (Å²) in [4.78, 5) is 17.9. The lowest BCUT2D eigenvalue weighted by Crippen LogP contribution is -2.22. The number of carbonyl (C=O) groups is 1. The third-order valence-electron chi connectivity index (χ3n) is 4.62. The van der Waals surface area contributed by atoms with E-state index in [9.17, 15) is 21.6 Å². The Kier molecular flexibility index (Phi) is 8.02. The summed E-state index contributed by atoms with van der Waals surface area (Å²) >= 11 is 0. The van der Waals surface area contributed by atoms with Gasteiger partial charge in [0.25, 0.3) is 0 Å². The number of pyridine rings is 1. The SMILES string of the molecule is CCN(CC)c1ccc(NC(=O)OCCS(=O)(=O)c2ccc(S(C)(=O)=O)cn2)c(C)c1. The highest BCUT2D eigenvalue weighted by molar-refractivity contribution is 7.91. The average Bonchev–Trinajstić information content (AvgIpc) is 2.70. The summed E-state index contributed by atoms with van der Waals surface area (Å²) in [6, 6.07) is 7.92. The van der Waals surface area contributed by atoms with Gasteiger partial charge in [0, 0.05) is 36.9 Å². The molecule has 0 saturated carbocycles. The summed E-state index contributed by atoms with van der Waals surface area (Å²) in [6.07, 6.45) is 1.22. The van der Waals surface area contributed by atoms with Crippen molar-refractivity contribution in [1.82, 2.24) is 4.98 Å². The first-order valence-corrected chi connectivity index (χ1v) is 13.2.